The Morgan fingerprint density at radius 3 is 2.18 bits per heavy atom. The molecule has 1 spiro atoms. The van der Waals surface area contributed by atoms with Gasteiger partial charge in [0, 0.05) is 5.33 Å². The SMILES string of the molecule is CC1CC2(C1)C(CBr)C2(C)C. The van der Waals surface area contributed by atoms with Crippen LogP contribution in [0.1, 0.15) is 33.6 Å². The van der Waals surface area contributed by atoms with Crippen molar-refractivity contribution in [3.05, 3.63) is 0 Å². The van der Waals surface area contributed by atoms with Crippen molar-refractivity contribution in [2.24, 2.45) is 22.7 Å². The lowest BCUT2D eigenvalue weighted by atomic mass is 9.68. The summed E-state index contributed by atoms with van der Waals surface area (Å²) >= 11 is 3.62. The highest BCUT2D eigenvalue weighted by molar-refractivity contribution is 9.09. The van der Waals surface area contributed by atoms with Gasteiger partial charge in [0.05, 0.1) is 0 Å². The van der Waals surface area contributed by atoms with Gasteiger partial charge in [-0.1, -0.05) is 36.7 Å². The predicted octanol–water partition coefficient (Wildman–Crippen LogP) is 3.45. The highest BCUT2D eigenvalue weighted by Gasteiger charge is 2.73. The molecule has 64 valence electrons. The minimum Gasteiger partial charge on any atom is -0.0925 e. The normalized spacial score (nSPS) is 52.4. The van der Waals surface area contributed by atoms with Crippen molar-refractivity contribution in [3.63, 3.8) is 0 Å². The maximum Gasteiger partial charge on any atom is 0.00704 e. The molecule has 2 fully saturated rings. The van der Waals surface area contributed by atoms with E-state index in [9.17, 15) is 0 Å². The van der Waals surface area contributed by atoms with E-state index in [1.807, 2.05) is 0 Å². The largest absolute Gasteiger partial charge is 0.0925 e. The van der Waals surface area contributed by atoms with Crippen LogP contribution in [-0.2, 0) is 0 Å². The van der Waals surface area contributed by atoms with Crippen LogP contribution in [0.25, 0.3) is 0 Å². The predicted molar refractivity (Wildman–Crippen MR) is 51.9 cm³/mol. The molecule has 0 saturated heterocycles. The smallest absolute Gasteiger partial charge is 0.00704 e. The quantitative estimate of drug-likeness (QED) is 0.590. The Bertz CT molecular complexity index is 177. The van der Waals surface area contributed by atoms with Gasteiger partial charge in [-0.15, -0.1) is 0 Å². The minimum atomic E-state index is 0.642. The molecule has 0 amide bonds. The number of hydrogen-bond acceptors (Lipinski definition) is 0. The summed E-state index contributed by atoms with van der Waals surface area (Å²) in [7, 11) is 0. The topological polar surface area (TPSA) is 0 Å². The molecule has 0 aromatic carbocycles. The van der Waals surface area contributed by atoms with Crippen molar-refractivity contribution in [1.29, 1.82) is 0 Å². The molecule has 1 atom stereocenters. The molecule has 0 N–H and O–H groups in total. The van der Waals surface area contributed by atoms with Crippen molar-refractivity contribution in [2.75, 3.05) is 5.33 Å². The molecule has 0 heterocycles. The first-order chi connectivity index (χ1) is 5.04. The first-order valence-electron chi connectivity index (χ1n) is 4.60. The van der Waals surface area contributed by atoms with E-state index in [1.165, 1.54) is 18.2 Å². The van der Waals surface area contributed by atoms with Gasteiger partial charge in [-0.2, -0.15) is 0 Å². The van der Waals surface area contributed by atoms with Crippen LogP contribution in [0.2, 0.25) is 0 Å². The summed E-state index contributed by atoms with van der Waals surface area (Å²) in [5.41, 5.74) is 1.40. The third-order valence-electron chi connectivity index (χ3n) is 4.32. The lowest BCUT2D eigenvalue weighted by Gasteiger charge is -2.37. The van der Waals surface area contributed by atoms with Gasteiger partial charge in [-0.05, 0) is 35.5 Å². The summed E-state index contributed by atoms with van der Waals surface area (Å²) in [5.74, 6) is 1.96. The maximum atomic E-state index is 3.62. The number of hydrogen-bond donors (Lipinski definition) is 0. The Morgan fingerprint density at radius 2 is 1.91 bits per heavy atom. The molecule has 0 aromatic heterocycles. The molecule has 0 nitrogen and oxygen atoms in total. The van der Waals surface area contributed by atoms with Gasteiger partial charge in [-0.3, -0.25) is 0 Å². The highest BCUT2D eigenvalue weighted by Crippen LogP contribution is 2.79. The van der Waals surface area contributed by atoms with Gasteiger partial charge in [0.1, 0.15) is 0 Å². The van der Waals surface area contributed by atoms with Crippen molar-refractivity contribution in [3.8, 4) is 0 Å². The van der Waals surface area contributed by atoms with E-state index >= 15 is 0 Å². The molecule has 2 aliphatic carbocycles. The molecule has 2 aliphatic rings. The van der Waals surface area contributed by atoms with Crippen molar-refractivity contribution in [1.82, 2.24) is 0 Å². The molecule has 11 heavy (non-hydrogen) atoms. The van der Waals surface area contributed by atoms with E-state index in [4.69, 9.17) is 0 Å². The molecule has 2 rings (SSSR count). The Morgan fingerprint density at radius 1 is 1.36 bits per heavy atom. The Labute approximate surface area is 77.9 Å². The zero-order valence-electron chi connectivity index (χ0n) is 7.65. The monoisotopic (exact) mass is 216 g/mol. The summed E-state index contributed by atoms with van der Waals surface area (Å²) in [5, 5.41) is 1.22. The van der Waals surface area contributed by atoms with E-state index < -0.39 is 0 Å². The Hall–Kier alpha value is 0.480. The lowest BCUT2D eigenvalue weighted by molar-refractivity contribution is 0.134. The Kier molecular flexibility index (Phi) is 1.50. The summed E-state index contributed by atoms with van der Waals surface area (Å²) in [6.45, 7) is 7.25. The molecule has 0 aromatic rings. The molecule has 0 aliphatic heterocycles. The first-order valence-corrected chi connectivity index (χ1v) is 5.73. The van der Waals surface area contributed by atoms with Gasteiger partial charge >= 0.3 is 0 Å². The van der Waals surface area contributed by atoms with Crippen LogP contribution in [0.5, 0.6) is 0 Å². The molecule has 2 saturated carbocycles. The molecule has 0 bridgehead atoms. The van der Waals surface area contributed by atoms with Gasteiger partial charge in [0.15, 0.2) is 0 Å². The average Bonchev–Trinajstić information content (AvgIpc) is 2.28. The second kappa shape index (κ2) is 2.04. The van der Waals surface area contributed by atoms with Gasteiger partial charge < -0.3 is 0 Å². The van der Waals surface area contributed by atoms with Crippen LogP contribution < -0.4 is 0 Å². The minimum absolute atomic E-state index is 0.642. The van der Waals surface area contributed by atoms with E-state index in [0.717, 1.165) is 17.3 Å². The fraction of sp³-hybridized carbons (Fsp3) is 1.00. The third-order valence-corrected chi connectivity index (χ3v) is 4.97. The summed E-state index contributed by atoms with van der Waals surface area (Å²) in [6.07, 6.45) is 2.96. The lowest BCUT2D eigenvalue weighted by Crippen LogP contribution is -2.27. The molecular formula is C10H17Br. The molecular weight excluding hydrogens is 200 g/mol. The fourth-order valence-electron chi connectivity index (χ4n) is 3.40. The number of rotatable bonds is 1. The number of alkyl halides is 1. The van der Waals surface area contributed by atoms with E-state index in [1.54, 1.807) is 0 Å². The molecule has 1 heteroatoms. The molecule has 0 radical (unpaired) electrons. The summed E-state index contributed by atoms with van der Waals surface area (Å²) in [4.78, 5) is 0. The standard InChI is InChI=1S/C10H17Br/c1-7-4-10(5-7)8(6-11)9(10,2)3/h7-8H,4-6H2,1-3H3. The van der Waals surface area contributed by atoms with Crippen LogP contribution >= 0.6 is 15.9 Å². The zero-order valence-corrected chi connectivity index (χ0v) is 9.24. The van der Waals surface area contributed by atoms with Crippen molar-refractivity contribution < 1.29 is 0 Å². The van der Waals surface area contributed by atoms with E-state index in [-0.39, 0.29) is 0 Å². The van der Waals surface area contributed by atoms with Crippen LogP contribution in [-0.4, -0.2) is 5.33 Å². The van der Waals surface area contributed by atoms with Gasteiger partial charge in [0.25, 0.3) is 0 Å². The zero-order chi connectivity index (χ0) is 8.28. The maximum absolute atomic E-state index is 3.62. The third kappa shape index (κ3) is 0.760. The Balaban J connectivity index is 2.09. The van der Waals surface area contributed by atoms with Gasteiger partial charge in [-0.25, -0.2) is 0 Å². The van der Waals surface area contributed by atoms with Crippen molar-refractivity contribution >= 4 is 15.9 Å². The fourth-order valence-corrected chi connectivity index (χ4v) is 4.83. The second-order valence-corrected chi connectivity index (χ2v) is 5.75. The van der Waals surface area contributed by atoms with E-state index in [2.05, 4.69) is 36.7 Å². The summed E-state index contributed by atoms with van der Waals surface area (Å²) in [6, 6.07) is 0. The van der Waals surface area contributed by atoms with Crippen molar-refractivity contribution in [2.45, 2.75) is 33.6 Å². The van der Waals surface area contributed by atoms with Crippen LogP contribution in [0.15, 0.2) is 0 Å². The van der Waals surface area contributed by atoms with Crippen LogP contribution in [0.3, 0.4) is 0 Å². The molecule has 1 unspecified atom stereocenters. The van der Waals surface area contributed by atoms with Crippen LogP contribution in [0, 0.1) is 22.7 Å². The van der Waals surface area contributed by atoms with Crippen LogP contribution in [0.4, 0.5) is 0 Å². The summed E-state index contributed by atoms with van der Waals surface area (Å²) < 4.78 is 0. The highest BCUT2D eigenvalue weighted by atomic mass is 79.9. The first kappa shape index (κ1) is 8.10. The van der Waals surface area contributed by atoms with Gasteiger partial charge in [0.2, 0.25) is 0 Å². The average molecular weight is 217 g/mol. The number of halogens is 1. The van der Waals surface area contributed by atoms with E-state index in [0.29, 0.717) is 5.41 Å². The second-order valence-electron chi connectivity index (χ2n) is 5.10.